The molecule has 1 N–H and O–H groups in total. The Kier molecular flexibility index (Phi) is 3.35. The number of anilines is 1. The molecule has 126 valence electrons. The number of fused-ring (bicyclic) bond motifs is 4. The highest BCUT2D eigenvalue weighted by Crippen LogP contribution is 2.47. The first kappa shape index (κ1) is 15.4. The average molecular weight is 349 g/mol. The number of halogens is 1. The van der Waals surface area contributed by atoms with E-state index in [1.807, 2.05) is 4.90 Å². The molecule has 2 unspecified atom stereocenters. The van der Waals surface area contributed by atoms with Gasteiger partial charge in [0.15, 0.2) is 5.41 Å². The third-order valence-corrected chi connectivity index (χ3v) is 6.16. The molecule has 0 aromatic heterocycles. The van der Waals surface area contributed by atoms with Crippen LogP contribution in [0.25, 0.3) is 0 Å². The van der Waals surface area contributed by atoms with Crippen LogP contribution in [0.15, 0.2) is 18.2 Å². The van der Waals surface area contributed by atoms with Crippen LogP contribution < -0.4 is 10.2 Å². The fourth-order valence-electron chi connectivity index (χ4n) is 3.95. The topological polar surface area (TPSA) is 69.7 Å². The van der Waals surface area contributed by atoms with Gasteiger partial charge in [-0.25, -0.2) is 9.18 Å². The van der Waals surface area contributed by atoms with Gasteiger partial charge in [-0.3, -0.25) is 19.8 Å². The minimum Gasteiger partial charge on any atom is -0.363 e. The molecule has 2 saturated heterocycles. The molecular formula is C16H16FN3O3S. The highest BCUT2D eigenvalue weighted by atomic mass is 32.2. The van der Waals surface area contributed by atoms with Crippen molar-refractivity contribution in [2.45, 2.75) is 12.5 Å². The molecule has 1 aromatic rings. The lowest BCUT2D eigenvalue weighted by atomic mass is 9.69. The second-order valence-electron chi connectivity index (χ2n) is 6.30. The molecule has 0 saturated carbocycles. The van der Waals surface area contributed by atoms with Crippen molar-refractivity contribution in [1.82, 2.24) is 10.2 Å². The molecule has 6 nitrogen and oxygen atoms in total. The molecule has 3 aliphatic heterocycles. The Morgan fingerprint density at radius 3 is 2.92 bits per heavy atom. The molecule has 2 fully saturated rings. The quantitative estimate of drug-likeness (QED) is 0.708. The van der Waals surface area contributed by atoms with Crippen LogP contribution in [0.4, 0.5) is 14.9 Å². The summed E-state index contributed by atoms with van der Waals surface area (Å²) in [5.74, 6) is -0.0982. The van der Waals surface area contributed by atoms with Crippen molar-refractivity contribution in [3.8, 4) is 0 Å². The number of barbiturate groups is 1. The van der Waals surface area contributed by atoms with E-state index in [9.17, 15) is 18.8 Å². The largest absolute Gasteiger partial charge is 0.363 e. The minimum absolute atomic E-state index is 0.101. The number of para-hydroxylation sites is 1. The van der Waals surface area contributed by atoms with E-state index in [4.69, 9.17) is 0 Å². The third kappa shape index (κ3) is 1.86. The monoisotopic (exact) mass is 349 g/mol. The summed E-state index contributed by atoms with van der Waals surface area (Å²) >= 11 is 1.64. The second kappa shape index (κ2) is 5.20. The van der Waals surface area contributed by atoms with Crippen LogP contribution in [-0.4, -0.2) is 53.9 Å². The number of imide groups is 2. The number of benzene rings is 1. The molecule has 1 spiro atoms. The van der Waals surface area contributed by atoms with Crippen molar-refractivity contribution < 1.29 is 18.8 Å². The number of thioether (sulfide) groups is 1. The molecular weight excluding hydrogens is 333 g/mol. The molecule has 4 amide bonds. The summed E-state index contributed by atoms with van der Waals surface area (Å²) in [6.45, 7) is 0.559. The van der Waals surface area contributed by atoms with Crippen LogP contribution in [0.2, 0.25) is 0 Å². The van der Waals surface area contributed by atoms with E-state index in [1.165, 1.54) is 13.1 Å². The number of rotatable bonds is 0. The van der Waals surface area contributed by atoms with Crippen LogP contribution in [0.5, 0.6) is 0 Å². The Morgan fingerprint density at radius 1 is 1.33 bits per heavy atom. The number of carbonyl (C=O) groups excluding carboxylic acids is 3. The fourth-order valence-corrected chi connectivity index (χ4v) is 5.13. The van der Waals surface area contributed by atoms with Gasteiger partial charge in [-0.05, 0) is 18.1 Å². The Hall–Kier alpha value is -2.09. The van der Waals surface area contributed by atoms with Gasteiger partial charge in [0, 0.05) is 25.1 Å². The standard InChI is InChI=1S/C16H16FN3O3S/c1-19-14(22)16(13(21)18-15(19)23)7-9-3-2-4-10(17)12(9)20-5-6-24-8-11(16)20/h2-4,11H,5-8H2,1H3,(H,18,21,23). The smallest absolute Gasteiger partial charge is 0.330 e. The zero-order valence-electron chi connectivity index (χ0n) is 13.0. The molecule has 3 heterocycles. The number of hydrogen-bond donors (Lipinski definition) is 1. The summed E-state index contributed by atoms with van der Waals surface area (Å²) in [6, 6.07) is 3.55. The van der Waals surface area contributed by atoms with E-state index in [0.717, 1.165) is 10.7 Å². The van der Waals surface area contributed by atoms with Gasteiger partial charge in [0.25, 0.3) is 0 Å². The van der Waals surface area contributed by atoms with Gasteiger partial charge in [-0.1, -0.05) is 12.1 Å². The Labute approximate surface area is 142 Å². The van der Waals surface area contributed by atoms with Crippen LogP contribution in [-0.2, 0) is 16.0 Å². The van der Waals surface area contributed by atoms with Gasteiger partial charge in [0.1, 0.15) is 5.82 Å². The normalized spacial score (nSPS) is 29.4. The van der Waals surface area contributed by atoms with Crippen molar-refractivity contribution in [2.24, 2.45) is 5.41 Å². The summed E-state index contributed by atoms with van der Waals surface area (Å²) in [4.78, 5) is 40.4. The molecule has 2 atom stereocenters. The van der Waals surface area contributed by atoms with Crippen molar-refractivity contribution in [3.63, 3.8) is 0 Å². The first-order valence-electron chi connectivity index (χ1n) is 7.72. The number of carbonyl (C=O) groups is 3. The van der Waals surface area contributed by atoms with E-state index >= 15 is 0 Å². The predicted octanol–water partition coefficient (Wildman–Crippen LogP) is 0.998. The van der Waals surface area contributed by atoms with Gasteiger partial charge in [-0.2, -0.15) is 11.8 Å². The van der Waals surface area contributed by atoms with Crippen molar-refractivity contribution in [2.75, 3.05) is 30.0 Å². The summed E-state index contributed by atoms with van der Waals surface area (Å²) in [5.41, 5.74) is -0.283. The first-order valence-corrected chi connectivity index (χ1v) is 8.87. The summed E-state index contributed by atoms with van der Waals surface area (Å²) < 4.78 is 14.4. The number of nitrogens with zero attached hydrogens (tertiary/aromatic N) is 2. The lowest BCUT2D eigenvalue weighted by Gasteiger charge is -2.53. The number of amides is 4. The molecule has 0 radical (unpaired) electrons. The Balaban J connectivity index is 1.92. The second-order valence-corrected chi connectivity index (χ2v) is 7.45. The van der Waals surface area contributed by atoms with Gasteiger partial charge < -0.3 is 4.90 Å². The molecule has 4 rings (SSSR count). The van der Waals surface area contributed by atoms with Gasteiger partial charge in [-0.15, -0.1) is 0 Å². The molecule has 0 aliphatic carbocycles. The molecule has 3 aliphatic rings. The maximum atomic E-state index is 14.4. The fraction of sp³-hybridized carbons (Fsp3) is 0.438. The van der Waals surface area contributed by atoms with E-state index < -0.39 is 29.3 Å². The van der Waals surface area contributed by atoms with Gasteiger partial charge in [0.05, 0.1) is 11.7 Å². The number of urea groups is 1. The maximum absolute atomic E-state index is 14.4. The Bertz CT molecular complexity index is 771. The molecule has 1 aromatic carbocycles. The van der Waals surface area contributed by atoms with E-state index in [2.05, 4.69) is 5.32 Å². The van der Waals surface area contributed by atoms with E-state index in [1.54, 1.807) is 23.9 Å². The van der Waals surface area contributed by atoms with E-state index in [-0.39, 0.29) is 12.2 Å². The summed E-state index contributed by atoms with van der Waals surface area (Å²) in [7, 11) is 1.37. The van der Waals surface area contributed by atoms with Crippen LogP contribution in [0, 0.1) is 11.2 Å². The maximum Gasteiger partial charge on any atom is 0.330 e. The SMILES string of the molecule is CN1C(=O)NC(=O)C2(Cc3cccc(F)c3N3CCSCC32)C1=O. The molecule has 24 heavy (non-hydrogen) atoms. The summed E-state index contributed by atoms with van der Waals surface area (Å²) in [6.07, 6.45) is 0.101. The van der Waals surface area contributed by atoms with Crippen LogP contribution >= 0.6 is 11.8 Å². The lowest BCUT2D eigenvalue weighted by molar-refractivity contribution is -0.152. The Morgan fingerprint density at radius 2 is 2.12 bits per heavy atom. The minimum atomic E-state index is -1.39. The van der Waals surface area contributed by atoms with Crippen molar-refractivity contribution >= 4 is 35.3 Å². The molecule has 8 heteroatoms. The lowest BCUT2D eigenvalue weighted by Crippen LogP contribution is -2.72. The third-order valence-electron chi connectivity index (χ3n) is 5.14. The average Bonchev–Trinajstić information content (AvgIpc) is 2.58. The number of nitrogens with one attached hydrogen (secondary N) is 1. The highest BCUT2D eigenvalue weighted by Gasteiger charge is 2.62. The van der Waals surface area contributed by atoms with Crippen molar-refractivity contribution in [1.29, 1.82) is 0 Å². The zero-order valence-corrected chi connectivity index (χ0v) is 13.9. The van der Waals surface area contributed by atoms with Crippen LogP contribution in [0.3, 0.4) is 0 Å². The van der Waals surface area contributed by atoms with Gasteiger partial charge >= 0.3 is 6.03 Å². The zero-order chi connectivity index (χ0) is 17.1. The highest BCUT2D eigenvalue weighted by molar-refractivity contribution is 7.99. The van der Waals surface area contributed by atoms with Crippen LogP contribution in [0.1, 0.15) is 5.56 Å². The molecule has 0 bridgehead atoms. The van der Waals surface area contributed by atoms with Crippen molar-refractivity contribution in [3.05, 3.63) is 29.6 Å². The predicted molar refractivity (Wildman–Crippen MR) is 87.3 cm³/mol. The van der Waals surface area contributed by atoms with Gasteiger partial charge in [0.2, 0.25) is 11.8 Å². The summed E-state index contributed by atoms with van der Waals surface area (Å²) in [5, 5.41) is 2.30. The first-order chi connectivity index (χ1) is 11.5. The number of hydrogen-bond acceptors (Lipinski definition) is 5. The van der Waals surface area contributed by atoms with E-state index in [0.29, 0.717) is 23.5 Å².